The van der Waals surface area contributed by atoms with Crippen molar-refractivity contribution in [1.29, 1.82) is 0 Å². The van der Waals surface area contributed by atoms with E-state index in [4.69, 9.17) is 0 Å². The SMILES string of the molecule is CC(=O)c1cc(CC(=O)N2CCCCC2CCn2ccnc2)cs1. The highest BCUT2D eigenvalue weighted by Gasteiger charge is 2.26. The Hall–Kier alpha value is -1.95. The van der Waals surface area contributed by atoms with Crippen LogP contribution >= 0.6 is 11.3 Å². The molecule has 1 fully saturated rings. The number of likely N-dealkylation sites (tertiary alicyclic amines) is 1. The van der Waals surface area contributed by atoms with Crippen molar-refractivity contribution in [2.24, 2.45) is 0 Å². The Morgan fingerprint density at radius 1 is 1.38 bits per heavy atom. The lowest BCUT2D eigenvalue weighted by Gasteiger charge is -2.36. The molecule has 0 aromatic carbocycles. The minimum atomic E-state index is 0.0647. The number of imidazole rings is 1. The van der Waals surface area contributed by atoms with Crippen molar-refractivity contribution < 1.29 is 9.59 Å². The Morgan fingerprint density at radius 2 is 2.25 bits per heavy atom. The zero-order valence-corrected chi connectivity index (χ0v) is 14.8. The van der Waals surface area contributed by atoms with Crippen molar-refractivity contribution in [3.8, 4) is 0 Å². The van der Waals surface area contributed by atoms with E-state index in [9.17, 15) is 9.59 Å². The van der Waals surface area contributed by atoms with Gasteiger partial charge in [0.05, 0.1) is 17.6 Å². The van der Waals surface area contributed by atoms with E-state index in [1.807, 2.05) is 28.9 Å². The largest absolute Gasteiger partial charge is 0.339 e. The van der Waals surface area contributed by atoms with Crippen molar-refractivity contribution >= 4 is 23.0 Å². The third kappa shape index (κ3) is 4.12. The first-order valence-electron chi connectivity index (χ1n) is 8.47. The van der Waals surface area contributed by atoms with Gasteiger partial charge in [0.1, 0.15) is 0 Å². The number of piperidine rings is 1. The average Bonchev–Trinajstić information content (AvgIpc) is 3.25. The third-order valence-electron chi connectivity index (χ3n) is 4.58. The van der Waals surface area contributed by atoms with Crippen LogP contribution in [0.25, 0.3) is 0 Å². The Kier molecular flexibility index (Phi) is 5.45. The number of rotatable bonds is 6. The first kappa shape index (κ1) is 16.9. The predicted octanol–water partition coefficient (Wildman–Crippen LogP) is 3.16. The number of nitrogens with zero attached hydrogens (tertiary/aromatic N) is 3. The molecule has 0 bridgehead atoms. The molecule has 128 valence electrons. The normalized spacial score (nSPS) is 17.9. The van der Waals surface area contributed by atoms with Gasteiger partial charge in [-0.05, 0) is 49.6 Å². The average molecular weight is 345 g/mol. The van der Waals surface area contributed by atoms with Gasteiger partial charge in [-0.3, -0.25) is 9.59 Å². The van der Waals surface area contributed by atoms with Gasteiger partial charge in [0.15, 0.2) is 5.78 Å². The lowest BCUT2D eigenvalue weighted by atomic mass is 9.98. The van der Waals surface area contributed by atoms with Crippen molar-refractivity contribution in [3.05, 3.63) is 40.6 Å². The number of carbonyl (C=O) groups is 2. The molecule has 0 radical (unpaired) electrons. The molecule has 1 unspecified atom stereocenters. The molecule has 24 heavy (non-hydrogen) atoms. The Labute approximate surface area is 146 Å². The summed E-state index contributed by atoms with van der Waals surface area (Å²) in [4.78, 5) is 31.0. The maximum absolute atomic E-state index is 12.7. The monoisotopic (exact) mass is 345 g/mol. The van der Waals surface area contributed by atoms with Crippen LogP contribution in [0.4, 0.5) is 0 Å². The summed E-state index contributed by atoms with van der Waals surface area (Å²) in [5.41, 5.74) is 0.953. The van der Waals surface area contributed by atoms with Gasteiger partial charge in [0.25, 0.3) is 0 Å². The molecule has 2 aromatic rings. The van der Waals surface area contributed by atoms with Crippen molar-refractivity contribution in [3.63, 3.8) is 0 Å². The van der Waals surface area contributed by atoms with E-state index in [-0.39, 0.29) is 11.7 Å². The topological polar surface area (TPSA) is 55.2 Å². The number of aromatic nitrogens is 2. The zero-order valence-electron chi connectivity index (χ0n) is 14.0. The molecule has 0 aliphatic carbocycles. The summed E-state index contributed by atoms with van der Waals surface area (Å²) in [6, 6.07) is 2.16. The molecular formula is C18H23N3O2S. The first-order valence-corrected chi connectivity index (χ1v) is 9.35. The molecule has 2 aromatic heterocycles. The Bertz CT molecular complexity index is 693. The lowest BCUT2D eigenvalue weighted by Crippen LogP contribution is -2.44. The molecule has 1 aliphatic rings. The number of ketones is 1. The van der Waals surface area contributed by atoms with Crippen LogP contribution in [0.2, 0.25) is 0 Å². The fourth-order valence-corrected chi connectivity index (χ4v) is 4.09. The van der Waals surface area contributed by atoms with Gasteiger partial charge in [-0.15, -0.1) is 11.3 Å². The van der Waals surface area contributed by atoms with E-state index in [0.717, 1.165) is 42.8 Å². The first-order chi connectivity index (χ1) is 11.6. The fraction of sp³-hybridized carbons (Fsp3) is 0.500. The molecule has 0 spiro atoms. The number of carbonyl (C=O) groups excluding carboxylic acids is 2. The van der Waals surface area contributed by atoms with Crippen LogP contribution in [-0.2, 0) is 17.8 Å². The second kappa shape index (κ2) is 7.75. The standard InChI is InChI=1S/C18H23N3O2S/c1-14(22)17-10-15(12-24-17)11-18(23)21-7-3-2-4-16(21)5-8-20-9-6-19-13-20/h6,9-10,12-13,16H,2-5,7-8,11H2,1H3. The van der Waals surface area contributed by atoms with Crippen molar-refractivity contribution in [2.75, 3.05) is 6.54 Å². The highest BCUT2D eigenvalue weighted by atomic mass is 32.1. The van der Waals surface area contributed by atoms with Gasteiger partial charge in [-0.2, -0.15) is 0 Å². The lowest BCUT2D eigenvalue weighted by molar-refractivity contribution is -0.134. The zero-order chi connectivity index (χ0) is 16.9. The molecule has 0 saturated carbocycles. The molecule has 1 saturated heterocycles. The quantitative estimate of drug-likeness (QED) is 0.756. The summed E-state index contributed by atoms with van der Waals surface area (Å²) < 4.78 is 2.06. The van der Waals surface area contributed by atoms with E-state index < -0.39 is 0 Å². The second-order valence-electron chi connectivity index (χ2n) is 6.38. The molecule has 0 N–H and O–H groups in total. The molecule has 3 heterocycles. The van der Waals surface area contributed by atoms with Gasteiger partial charge in [0, 0.05) is 31.5 Å². The van der Waals surface area contributed by atoms with Gasteiger partial charge in [-0.1, -0.05) is 0 Å². The van der Waals surface area contributed by atoms with Gasteiger partial charge in [-0.25, -0.2) is 4.98 Å². The summed E-state index contributed by atoms with van der Waals surface area (Å²) >= 11 is 1.43. The molecule has 1 aliphatic heterocycles. The van der Waals surface area contributed by atoms with Gasteiger partial charge < -0.3 is 9.47 Å². The smallest absolute Gasteiger partial charge is 0.227 e. The van der Waals surface area contributed by atoms with E-state index in [0.29, 0.717) is 12.5 Å². The predicted molar refractivity (Wildman–Crippen MR) is 94.2 cm³/mol. The van der Waals surface area contributed by atoms with E-state index >= 15 is 0 Å². The summed E-state index contributed by atoms with van der Waals surface area (Å²) in [6.45, 7) is 3.30. The number of hydrogen-bond donors (Lipinski definition) is 0. The van der Waals surface area contributed by atoms with E-state index in [1.54, 1.807) is 13.1 Å². The molecule has 5 nitrogen and oxygen atoms in total. The van der Waals surface area contributed by atoms with Crippen LogP contribution in [0.5, 0.6) is 0 Å². The minimum Gasteiger partial charge on any atom is -0.339 e. The highest BCUT2D eigenvalue weighted by Crippen LogP contribution is 2.23. The minimum absolute atomic E-state index is 0.0647. The summed E-state index contributed by atoms with van der Waals surface area (Å²) in [5, 5.41) is 1.93. The van der Waals surface area contributed by atoms with Crippen LogP contribution in [0.15, 0.2) is 30.2 Å². The number of hydrogen-bond acceptors (Lipinski definition) is 4. The fourth-order valence-electron chi connectivity index (χ4n) is 3.28. The Morgan fingerprint density at radius 3 is 2.96 bits per heavy atom. The molecular weight excluding hydrogens is 322 g/mol. The molecule has 1 atom stereocenters. The second-order valence-corrected chi connectivity index (χ2v) is 7.29. The molecule has 1 amide bonds. The number of amides is 1. The van der Waals surface area contributed by atoms with Crippen molar-refractivity contribution in [1.82, 2.24) is 14.5 Å². The van der Waals surface area contributed by atoms with Crippen LogP contribution < -0.4 is 0 Å². The number of aryl methyl sites for hydroxylation is 1. The number of thiophene rings is 1. The van der Waals surface area contributed by atoms with Crippen LogP contribution in [0, 0.1) is 0 Å². The maximum atomic E-state index is 12.7. The molecule has 6 heteroatoms. The summed E-state index contributed by atoms with van der Waals surface area (Å²) in [5.74, 6) is 0.244. The van der Waals surface area contributed by atoms with Crippen LogP contribution in [-0.4, -0.2) is 38.7 Å². The maximum Gasteiger partial charge on any atom is 0.227 e. The van der Waals surface area contributed by atoms with Crippen LogP contribution in [0.3, 0.4) is 0 Å². The molecule has 3 rings (SSSR count). The van der Waals surface area contributed by atoms with Gasteiger partial charge in [0.2, 0.25) is 5.91 Å². The van der Waals surface area contributed by atoms with Crippen LogP contribution in [0.1, 0.15) is 47.8 Å². The summed E-state index contributed by atoms with van der Waals surface area (Å²) in [6.07, 6.45) is 10.3. The highest BCUT2D eigenvalue weighted by molar-refractivity contribution is 7.12. The Balaban J connectivity index is 1.60. The summed E-state index contributed by atoms with van der Waals surface area (Å²) in [7, 11) is 0. The number of Topliss-reactive ketones (excluding diaryl/α,β-unsaturated/α-hetero) is 1. The third-order valence-corrected chi connectivity index (χ3v) is 5.66. The van der Waals surface area contributed by atoms with Gasteiger partial charge >= 0.3 is 0 Å². The van der Waals surface area contributed by atoms with E-state index in [2.05, 4.69) is 9.55 Å². The van der Waals surface area contributed by atoms with Crippen molar-refractivity contribution in [2.45, 2.75) is 51.6 Å². The van der Waals surface area contributed by atoms with E-state index in [1.165, 1.54) is 17.8 Å².